The summed E-state index contributed by atoms with van der Waals surface area (Å²) < 4.78 is 6.23. The third-order valence-corrected chi connectivity index (χ3v) is 10.7. The van der Waals surface area contributed by atoms with Gasteiger partial charge in [0.15, 0.2) is 0 Å². The van der Waals surface area contributed by atoms with E-state index in [2.05, 4.69) is 107 Å². The minimum absolute atomic E-state index is 0.266. The van der Waals surface area contributed by atoms with Gasteiger partial charge in [0.25, 0.3) is 0 Å². The van der Waals surface area contributed by atoms with Gasteiger partial charge < -0.3 is 14.4 Å². The SMILES string of the molecule is O=C[C@H]1CCCC[C@@H]1CN1CCN(c2ccc([C@@H]3c4ccc(OCc5ccccc5)cc4CC[C@@H]3c3ccccc3)cc2)CC1. The van der Waals surface area contributed by atoms with Gasteiger partial charge in [-0.3, -0.25) is 4.90 Å². The number of carbonyl (C=O) groups is 1. The highest BCUT2D eigenvalue weighted by Crippen LogP contribution is 2.47. The van der Waals surface area contributed by atoms with Crippen molar-refractivity contribution in [1.29, 1.82) is 0 Å². The van der Waals surface area contributed by atoms with Crippen LogP contribution in [0.15, 0.2) is 103 Å². The molecule has 45 heavy (non-hydrogen) atoms. The number of fused-ring (bicyclic) bond motifs is 1. The number of aldehydes is 1. The van der Waals surface area contributed by atoms with Crippen molar-refractivity contribution in [2.45, 2.75) is 57.0 Å². The zero-order chi connectivity index (χ0) is 30.4. The van der Waals surface area contributed by atoms with E-state index in [4.69, 9.17) is 4.74 Å². The Hall–Kier alpha value is -3.89. The fourth-order valence-electron chi connectivity index (χ4n) is 8.15. The van der Waals surface area contributed by atoms with E-state index in [9.17, 15) is 4.79 Å². The van der Waals surface area contributed by atoms with Crippen LogP contribution >= 0.6 is 0 Å². The molecule has 4 atom stereocenters. The van der Waals surface area contributed by atoms with Crippen LogP contribution in [0.25, 0.3) is 0 Å². The summed E-state index contributed by atoms with van der Waals surface area (Å²) in [5.41, 5.74) is 8.16. The minimum Gasteiger partial charge on any atom is -0.489 e. The van der Waals surface area contributed by atoms with E-state index in [1.54, 1.807) is 0 Å². The van der Waals surface area contributed by atoms with E-state index < -0.39 is 0 Å². The van der Waals surface area contributed by atoms with E-state index in [0.717, 1.165) is 57.7 Å². The summed E-state index contributed by atoms with van der Waals surface area (Å²) in [7, 11) is 0. The number of aryl methyl sites for hydroxylation is 1. The van der Waals surface area contributed by atoms with Gasteiger partial charge in [0.1, 0.15) is 18.6 Å². The van der Waals surface area contributed by atoms with Gasteiger partial charge >= 0.3 is 0 Å². The highest BCUT2D eigenvalue weighted by atomic mass is 16.5. The molecule has 1 heterocycles. The number of anilines is 1. The van der Waals surface area contributed by atoms with Crippen LogP contribution in [0.4, 0.5) is 5.69 Å². The van der Waals surface area contributed by atoms with Gasteiger partial charge in [-0.25, -0.2) is 0 Å². The first-order valence-electron chi connectivity index (χ1n) is 17.1. The Morgan fingerprint density at radius 2 is 1.47 bits per heavy atom. The third kappa shape index (κ3) is 6.87. The van der Waals surface area contributed by atoms with E-state index in [-0.39, 0.29) is 5.92 Å². The molecule has 4 aromatic carbocycles. The Morgan fingerprint density at radius 3 is 2.22 bits per heavy atom. The van der Waals surface area contributed by atoms with Gasteiger partial charge in [-0.2, -0.15) is 0 Å². The first kappa shape index (κ1) is 29.8. The van der Waals surface area contributed by atoms with Crippen LogP contribution in [-0.2, 0) is 17.8 Å². The number of piperazine rings is 1. The lowest BCUT2D eigenvalue weighted by atomic mass is 9.69. The Balaban J connectivity index is 1.06. The molecule has 4 aromatic rings. The molecule has 7 rings (SSSR count). The van der Waals surface area contributed by atoms with Crippen molar-refractivity contribution in [1.82, 2.24) is 4.90 Å². The summed E-state index contributed by atoms with van der Waals surface area (Å²) in [5.74, 6) is 2.52. The molecule has 0 bridgehead atoms. The van der Waals surface area contributed by atoms with Gasteiger partial charge in [0.2, 0.25) is 0 Å². The molecule has 0 amide bonds. The second kappa shape index (κ2) is 14.0. The van der Waals surface area contributed by atoms with Crippen molar-refractivity contribution >= 4 is 12.0 Å². The number of ether oxygens (including phenoxy) is 1. The summed E-state index contributed by atoms with van der Waals surface area (Å²) in [4.78, 5) is 16.8. The molecule has 1 aliphatic heterocycles. The van der Waals surface area contributed by atoms with Crippen LogP contribution in [0, 0.1) is 11.8 Å². The smallest absolute Gasteiger partial charge is 0.123 e. The number of rotatable bonds is 9. The summed E-state index contributed by atoms with van der Waals surface area (Å²) in [6.45, 7) is 5.91. The third-order valence-electron chi connectivity index (χ3n) is 10.7. The number of carbonyl (C=O) groups excluding carboxylic acids is 1. The fourth-order valence-corrected chi connectivity index (χ4v) is 8.15. The Morgan fingerprint density at radius 1 is 0.733 bits per heavy atom. The molecule has 0 aromatic heterocycles. The van der Waals surface area contributed by atoms with Crippen molar-refractivity contribution in [3.63, 3.8) is 0 Å². The topological polar surface area (TPSA) is 32.8 Å². The molecule has 0 radical (unpaired) electrons. The molecule has 2 fully saturated rings. The van der Waals surface area contributed by atoms with Crippen molar-refractivity contribution in [3.05, 3.63) is 131 Å². The summed E-state index contributed by atoms with van der Waals surface area (Å²) in [5, 5.41) is 0. The average Bonchev–Trinajstić information content (AvgIpc) is 3.11. The second-order valence-corrected chi connectivity index (χ2v) is 13.4. The number of nitrogens with zero attached hydrogens (tertiary/aromatic N) is 2. The molecular weight excluding hydrogens is 552 g/mol. The number of benzene rings is 4. The molecule has 0 N–H and O–H groups in total. The fraction of sp³-hybridized carbons (Fsp3) is 0.390. The summed E-state index contributed by atoms with van der Waals surface area (Å²) >= 11 is 0. The summed E-state index contributed by atoms with van der Waals surface area (Å²) in [6, 6.07) is 37.7. The van der Waals surface area contributed by atoms with Gasteiger partial charge in [-0.1, -0.05) is 91.7 Å². The van der Waals surface area contributed by atoms with Crippen LogP contribution in [0.5, 0.6) is 5.75 Å². The van der Waals surface area contributed by atoms with E-state index >= 15 is 0 Å². The molecule has 1 saturated carbocycles. The molecule has 1 saturated heterocycles. The lowest BCUT2D eigenvalue weighted by Gasteiger charge is -2.39. The van der Waals surface area contributed by atoms with Gasteiger partial charge in [-0.05, 0) is 89.6 Å². The Kier molecular flexibility index (Phi) is 9.30. The molecular formula is C41H46N2O2. The van der Waals surface area contributed by atoms with Crippen molar-refractivity contribution in [2.24, 2.45) is 11.8 Å². The molecule has 2 aliphatic carbocycles. The second-order valence-electron chi connectivity index (χ2n) is 13.4. The number of hydrogen-bond acceptors (Lipinski definition) is 4. The zero-order valence-electron chi connectivity index (χ0n) is 26.4. The molecule has 232 valence electrons. The highest BCUT2D eigenvalue weighted by molar-refractivity contribution is 5.54. The first-order chi connectivity index (χ1) is 22.2. The molecule has 3 aliphatic rings. The van der Waals surface area contributed by atoms with Gasteiger partial charge in [0, 0.05) is 50.2 Å². The Bertz CT molecular complexity index is 1530. The molecule has 0 unspecified atom stereocenters. The van der Waals surface area contributed by atoms with Crippen LogP contribution in [0.3, 0.4) is 0 Å². The minimum atomic E-state index is 0.266. The normalized spacial score (nSPS) is 23.7. The lowest BCUT2D eigenvalue weighted by Crippen LogP contribution is -2.48. The first-order valence-corrected chi connectivity index (χ1v) is 17.1. The molecule has 4 heteroatoms. The van der Waals surface area contributed by atoms with Crippen molar-refractivity contribution in [2.75, 3.05) is 37.6 Å². The lowest BCUT2D eigenvalue weighted by molar-refractivity contribution is -0.113. The molecule has 4 nitrogen and oxygen atoms in total. The Labute approximate surface area is 269 Å². The van der Waals surface area contributed by atoms with Gasteiger partial charge in [-0.15, -0.1) is 0 Å². The highest BCUT2D eigenvalue weighted by Gasteiger charge is 2.33. The van der Waals surface area contributed by atoms with E-state index in [1.807, 2.05) is 6.07 Å². The van der Waals surface area contributed by atoms with E-state index in [1.165, 1.54) is 59.1 Å². The largest absolute Gasteiger partial charge is 0.489 e. The zero-order valence-corrected chi connectivity index (χ0v) is 26.4. The molecule has 0 spiro atoms. The maximum atomic E-state index is 11.6. The van der Waals surface area contributed by atoms with Crippen LogP contribution in [0.1, 0.15) is 71.8 Å². The average molecular weight is 599 g/mol. The maximum Gasteiger partial charge on any atom is 0.123 e. The predicted octanol–water partition coefficient (Wildman–Crippen LogP) is 8.25. The quantitative estimate of drug-likeness (QED) is 0.182. The van der Waals surface area contributed by atoms with Crippen LogP contribution in [-0.4, -0.2) is 43.9 Å². The van der Waals surface area contributed by atoms with Crippen LogP contribution in [0.2, 0.25) is 0 Å². The maximum absolute atomic E-state index is 11.6. The predicted molar refractivity (Wildman–Crippen MR) is 183 cm³/mol. The number of hydrogen-bond donors (Lipinski definition) is 0. The van der Waals surface area contributed by atoms with Gasteiger partial charge in [0.05, 0.1) is 0 Å². The standard InChI is InChI=1S/C41H46N2O2/c44-29-36-14-8-7-13-35(36)28-42-23-25-43(26-24-42)37-18-15-33(16-19-37)41-39(32-11-5-2-6-12-32)21-17-34-27-38(20-22-40(34)41)45-30-31-9-3-1-4-10-31/h1-6,9-12,15-16,18-20,22,27,29,35-36,39,41H,7-8,13-14,17,21,23-26,28,30H2/t35-,36-,39-,41+/m1/s1. The summed E-state index contributed by atoms with van der Waals surface area (Å²) in [6.07, 6.45) is 8.20. The van der Waals surface area contributed by atoms with Crippen molar-refractivity contribution in [3.8, 4) is 5.75 Å². The monoisotopic (exact) mass is 598 g/mol. The van der Waals surface area contributed by atoms with Crippen LogP contribution < -0.4 is 9.64 Å². The van der Waals surface area contributed by atoms with E-state index in [0.29, 0.717) is 24.4 Å². The van der Waals surface area contributed by atoms with Crippen molar-refractivity contribution < 1.29 is 9.53 Å².